The van der Waals surface area contributed by atoms with Crippen LogP contribution in [0.4, 0.5) is 0 Å². The topological polar surface area (TPSA) is 113 Å². The van der Waals surface area contributed by atoms with Crippen molar-refractivity contribution in [3.8, 4) is 18.0 Å². The van der Waals surface area contributed by atoms with E-state index in [1.807, 2.05) is 34.6 Å². The lowest BCUT2D eigenvalue weighted by Crippen LogP contribution is -2.47. The molecule has 2 heterocycles. The van der Waals surface area contributed by atoms with Gasteiger partial charge in [0.1, 0.15) is 25.9 Å². The minimum absolute atomic E-state index is 0.0174. The third-order valence-corrected chi connectivity index (χ3v) is 8.40. The highest BCUT2D eigenvalue weighted by atomic mass is 32.2. The van der Waals surface area contributed by atoms with Gasteiger partial charge in [0.05, 0.1) is 11.5 Å². The van der Waals surface area contributed by atoms with E-state index < -0.39 is 16.1 Å². The van der Waals surface area contributed by atoms with Crippen LogP contribution in [0.3, 0.4) is 0 Å². The summed E-state index contributed by atoms with van der Waals surface area (Å²) in [5.74, 6) is 0. The summed E-state index contributed by atoms with van der Waals surface area (Å²) in [5.41, 5.74) is 4.65. The van der Waals surface area contributed by atoms with Gasteiger partial charge < -0.3 is 18.9 Å². The second-order valence-corrected chi connectivity index (χ2v) is 10.4. The average Bonchev–Trinajstić information content (AvgIpc) is 2.87. The van der Waals surface area contributed by atoms with Crippen LogP contribution in [0.1, 0.15) is 27.8 Å². The van der Waals surface area contributed by atoms with E-state index >= 15 is 0 Å². The number of benzene rings is 1. The van der Waals surface area contributed by atoms with E-state index in [9.17, 15) is 8.42 Å². The van der Waals surface area contributed by atoms with Gasteiger partial charge >= 0.3 is 18.0 Å². The van der Waals surface area contributed by atoms with Gasteiger partial charge in [0.2, 0.25) is 10.0 Å². The molecule has 0 aliphatic carbocycles. The standard InChI is InChI=1S/C25H34N4O6S/c1-8-11-33-23-26-24(34-12-9-2)28-25(27-23)35-15-21-14-29(10-13-32-21)36(30,31)22-19(6)17(4)16(3)18(5)20(22)7/h8-9,21H,1-2,10-15H2,3-7H3. The number of hydrogen-bond donors (Lipinski definition) is 0. The Kier molecular flexibility index (Phi) is 9.04. The Morgan fingerprint density at radius 3 is 1.83 bits per heavy atom. The molecule has 1 aliphatic rings. The zero-order valence-electron chi connectivity index (χ0n) is 21.5. The Hall–Kier alpha value is -3.02. The lowest BCUT2D eigenvalue weighted by atomic mass is 9.95. The van der Waals surface area contributed by atoms with E-state index in [4.69, 9.17) is 18.9 Å². The van der Waals surface area contributed by atoms with Gasteiger partial charge in [0.25, 0.3) is 0 Å². The van der Waals surface area contributed by atoms with Crippen molar-refractivity contribution in [2.24, 2.45) is 0 Å². The van der Waals surface area contributed by atoms with Crippen molar-refractivity contribution in [2.45, 2.75) is 45.6 Å². The fraction of sp³-hybridized carbons (Fsp3) is 0.480. The molecule has 0 bridgehead atoms. The molecule has 11 heteroatoms. The molecule has 0 radical (unpaired) electrons. The lowest BCUT2D eigenvalue weighted by Gasteiger charge is -2.33. The number of sulfonamides is 1. The van der Waals surface area contributed by atoms with Gasteiger partial charge in [0.15, 0.2) is 0 Å². The fourth-order valence-corrected chi connectivity index (χ4v) is 5.96. The number of nitrogens with zero attached hydrogens (tertiary/aromatic N) is 4. The van der Waals surface area contributed by atoms with Crippen LogP contribution in [0.25, 0.3) is 0 Å². The van der Waals surface area contributed by atoms with Gasteiger partial charge in [-0.2, -0.15) is 4.31 Å². The van der Waals surface area contributed by atoms with Crippen LogP contribution in [0, 0.1) is 34.6 Å². The van der Waals surface area contributed by atoms with E-state index in [1.165, 1.54) is 4.31 Å². The van der Waals surface area contributed by atoms with E-state index in [0.29, 0.717) is 4.90 Å². The minimum atomic E-state index is -3.74. The van der Waals surface area contributed by atoms with E-state index in [-0.39, 0.29) is 57.5 Å². The molecule has 0 spiro atoms. The molecule has 1 aromatic carbocycles. The summed E-state index contributed by atoms with van der Waals surface area (Å²) >= 11 is 0. The maximum absolute atomic E-state index is 13.7. The van der Waals surface area contributed by atoms with Crippen molar-refractivity contribution < 1.29 is 27.4 Å². The van der Waals surface area contributed by atoms with Crippen molar-refractivity contribution in [1.82, 2.24) is 19.3 Å². The van der Waals surface area contributed by atoms with Crippen LogP contribution in [0.5, 0.6) is 18.0 Å². The van der Waals surface area contributed by atoms with E-state index in [0.717, 1.165) is 27.8 Å². The third-order valence-electron chi connectivity index (χ3n) is 6.26. The van der Waals surface area contributed by atoms with Crippen LogP contribution in [-0.2, 0) is 14.8 Å². The molecule has 0 saturated carbocycles. The summed E-state index contributed by atoms with van der Waals surface area (Å²) in [7, 11) is -3.74. The van der Waals surface area contributed by atoms with Crippen molar-refractivity contribution in [3.05, 3.63) is 53.1 Å². The first-order valence-corrected chi connectivity index (χ1v) is 13.1. The number of ether oxygens (including phenoxy) is 4. The van der Waals surface area contributed by atoms with Gasteiger partial charge in [-0.1, -0.05) is 25.3 Å². The SMILES string of the molecule is C=CCOc1nc(OCC=C)nc(OCC2CN(S(=O)(=O)c3c(C)c(C)c(C)c(C)c3C)CCO2)n1. The highest BCUT2D eigenvalue weighted by Crippen LogP contribution is 2.32. The van der Waals surface area contributed by atoms with Crippen LogP contribution in [-0.4, -0.2) is 73.3 Å². The first kappa shape index (κ1) is 27.6. The van der Waals surface area contributed by atoms with Crippen LogP contribution in [0.2, 0.25) is 0 Å². The zero-order valence-corrected chi connectivity index (χ0v) is 22.4. The molecule has 1 aromatic heterocycles. The summed E-state index contributed by atoms with van der Waals surface area (Å²) in [6, 6.07) is 0.00996. The van der Waals surface area contributed by atoms with Crippen molar-refractivity contribution in [1.29, 1.82) is 0 Å². The molecule has 36 heavy (non-hydrogen) atoms. The van der Waals surface area contributed by atoms with Crippen molar-refractivity contribution >= 4 is 10.0 Å². The summed E-state index contributed by atoms with van der Waals surface area (Å²) in [6.45, 7) is 17.9. The highest BCUT2D eigenvalue weighted by molar-refractivity contribution is 7.89. The molecule has 0 N–H and O–H groups in total. The van der Waals surface area contributed by atoms with Crippen molar-refractivity contribution in [2.75, 3.05) is 39.5 Å². The summed E-state index contributed by atoms with van der Waals surface area (Å²) in [6.07, 6.45) is 2.59. The second-order valence-electron chi connectivity index (χ2n) is 8.50. The zero-order chi connectivity index (χ0) is 26.5. The second kappa shape index (κ2) is 11.8. The molecular weight excluding hydrogens is 484 g/mol. The maximum Gasteiger partial charge on any atom is 0.326 e. The number of hydrogen-bond acceptors (Lipinski definition) is 9. The fourth-order valence-electron chi connectivity index (χ4n) is 3.94. The molecule has 2 aromatic rings. The number of morpholine rings is 1. The van der Waals surface area contributed by atoms with Crippen LogP contribution >= 0.6 is 0 Å². The van der Waals surface area contributed by atoms with Gasteiger partial charge in [-0.05, 0) is 62.4 Å². The van der Waals surface area contributed by atoms with E-state index in [2.05, 4.69) is 28.1 Å². The van der Waals surface area contributed by atoms with Gasteiger partial charge in [-0.3, -0.25) is 0 Å². The van der Waals surface area contributed by atoms with Crippen molar-refractivity contribution in [3.63, 3.8) is 0 Å². The molecule has 1 atom stereocenters. The molecule has 0 amide bonds. The monoisotopic (exact) mass is 518 g/mol. The molecule has 1 saturated heterocycles. The quantitative estimate of drug-likeness (QED) is 0.414. The molecule has 1 aliphatic heterocycles. The Balaban J connectivity index is 1.77. The van der Waals surface area contributed by atoms with Crippen LogP contribution in [0.15, 0.2) is 30.2 Å². The first-order valence-electron chi connectivity index (χ1n) is 11.6. The van der Waals surface area contributed by atoms with Gasteiger partial charge in [0, 0.05) is 13.1 Å². The number of rotatable bonds is 11. The van der Waals surface area contributed by atoms with Gasteiger partial charge in [-0.15, -0.1) is 15.0 Å². The predicted molar refractivity (Wildman–Crippen MR) is 135 cm³/mol. The largest absolute Gasteiger partial charge is 0.460 e. The lowest BCUT2D eigenvalue weighted by molar-refractivity contribution is -0.0268. The third kappa shape index (κ3) is 6.03. The molecule has 1 fully saturated rings. The normalized spacial score (nSPS) is 16.4. The summed E-state index contributed by atoms with van der Waals surface area (Å²) < 4.78 is 51.2. The first-order chi connectivity index (χ1) is 17.1. The molecule has 196 valence electrons. The summed E-state index contributed by atoms with van der Waals surface area (Å²) in [5, 5.41) is 0. The van der Waals surface area contributed by atoms with E-state index in [1.54, 1.807) is 12.2 Å². The molecule has 3 rings (SSSR count). The molecular formula is C25H34N4O6S. The highest BCUT2D eigenvalue weighted by Gasteiger charge is 2.34. The Morgan fingerprint density at radius 1 is 0.861 bits per heavy atom. The Labute approximate surface area is 213 Å². The van der Waals surface area contributed by atoms with Gasteiger partial charge in [-0.25, -0.2) is 8.42 Å². The Bertz CT molecular complexity index is 1170. The maximum atomic E-state index is 13.7. The van der Waals surface area contributed by atoms with Crippen LogP contribution < -0.4 is 14.2 Å². The smallest absolute Gasteiger partial charge is 0.326 e. The summed E-state index contributed by atoms with van der Waals surface area (Å²) in [4.78, 5) is 12.7. The molecule has 1 unspecified atom stereocenters. The number of aromatic nitrogens is 3. The molecule has 10 nitrogen and oxygen atoms in total. The minimum Gasteiger partial charge on any atom is -0.460 e. The Morgan fingerprint density at radius 2 is 1.33 bits per heavy atom. The average molecular weight is 519 g/mol. The predicted octanol–water partition coefficient (Wildman–Crippen LogP) is 3.01.